The quantitative estimate of drug-likeness (QED) is 0.602. The lowest BCUT2D eigenvalue weighted by molar-refractivity contribution is -0.0171. The third-order valence-electron chi connectivity index (χ3n) is 6.70. The van der Waals surface area contributed by atoms with Gasteiger partial charge in [-0.2, -0.15) is 0 Å². The molecule has 2 heterocycles. The number of hydrogen-bond donors (Lipinski definition) is 2. The summed E-state index contributed by atoms with van der Waals surface area (Å²) in [6.45, 7) is 7.51. The number of nitrogens with zero attached hydrogens (tertiary/aromatic N) is 1. The van der Waals surface area contributed by atoms with Gasteiger partial charge in [0.2, 0.25) is 10.0 Å². The lowest BCUT2D eigenvalue weighted by Crippen LogP contribution is -2.51. The monoisotopic (exact) mass is 516 g/mol. The topological polar surface area (TPSA) is 105 Å². The first kappa shape index (κ1) is 26.4. The molecule has 0 bridgehead atoms. The summed E-state index contributed by atoms with van der Waals surface area (Å²) in [7, 11) is -3.63. The van der Waals surface area contributed by atoms with Gasteiger partial charge >= 0.3 is 6.09 Å². The number of amides is 1. The van der Waals surface area contributed by atoms with E-state index in [1.165, 1.54) is 0 Å². The number of ether oxygens (including phenoxy) is 2. The van der Waals surface area contributed by atoms with Gasteiger partial charge in [0.05, 0.1) is 18.1 Å². The summed E-state index contributed by atoms with van der Waals surface area (Å²) >= 11 is 0. The standard InChI is InChI=1S/C27H36N2O6S/c1-26(2,3)19-34-25(31)29-15-12-27(13-16-29)11-10-22-18-21(6-9-24(22)35-27)20-4-7-23(8-5-20)36(32,33)28-14-17-30/h4-9,18,28,30H,10-17,19H2,1-3H3. The van der Waals surface area contributed by atoms with Crippen LogP contribution in [0.4, 0.5) is 4.79 Å². The first-order valence-electron chi connectivity index (χ1n) is 12.4. The SMILES string of the molecule is CC(C)(C)COC(=O)N1CCC2(CCc3cc(-c4ccc(S(=O)(=O)NCCO)cc4)ccc3O2)CC1. The average molecular weight is 517 g/mol. The van der Waals surface area contributed by atoms with Crippen LogP contribution in [-0.2, 0) is 21.2 Å². The van der Waals surface area contributed by atoms with Crippen molar-refractivity contribution in [2.45, 2.75) is 57.0 Å². The van der Waals surface area contributed by atoms with E-state index in [4.69, 9.17) is 14.6 Å². The van der Waals surface area contributed by atoms with Crippen LogP contribution < -0.4 is 9.46 Å². The van der Waals surface area contributed by atoms with Crippen LogP contribution in [0.3, 0.4) is 0 Å². The van der Waals surface area contributed by atoms with Crippen LogP contribution in [0.25, 0.3) is 11.1 Å². The molecule has 196 valence electrons. The molecule has 0 aliphatic carbocycles. The van der Waals surface area contributed by atoms with E-state index in [1.807, 2.05) is 32.9 Å². The second-order valence-electron chi connectivity index (χ2n) is 10.9. The van der Waals surface area contributed by atoms with Gasteiger partial charge < -0.3 is 19.5 Å². The number of rotatable bonds is 6. The molecule has 2 aliphatic rings. The van der Waals surface area contributed by atoms with E-state index in [0.29, 0.717) is 19.7 Å². The number of nitrogens with one attached hydrogen (secondary N) is 1. The highest BCUT2D eigenvalue weighted by Gasteiger charge is 2.41. The van der Waals surface area contributed by atoms with E-state index < -0.39 is 10.0 Å². The van der Waals surface area contributed by atoms with Crippen LogP contribution in [0, 0.1) is 5.41 Å². The second-order valence-corrected chi connectivity index (χ2v) is 12.6. The Morgan fingerprint density at radius 2 is 1.75 bits per heavy atom. The minimum Gasteiger partial charge on any atom is -0.487 e. The molecule has 2 N–H and O–H groups in total. The normalized spacial score (nSPS) is 17.4. The molecule has 0 unspecified atom stereocenters. The fourth-order valence-corrected chi connectivity index (χ4v) is 5.63. The van der Waals surface area contributed by atoms with E-state index in [-0.39, 0.29) is 35.2 Å². The number of piperidine rings is 1. The Hall–Kier alpha value is -2.62. The summed E-state index contributed by atoms with van der Waals surface area (Å²) in [5.74, 6) is 0.876. The van der Waals surface area contributed by atoms with E-state index >= 15 is 0 Å². The summed E-state index contributed by atoms with van der Waals surface area (Å²) < 4.78 is 38.8. The minimum absolute atomic E-state index is 0.0181. The number of carbonyl (C=O) groups is 1. The van der Waals surface area contributed by atoms with Gasteiger partial charge in [-0.25, -0.2) is 17.9 Å². The van der Waals surface area contributed by atoms with Crippen LogP contribution in [0.15, 0.2) is 47.4 Å². The third kappa shape index (κ3) is 6.19. The number of aliphatic hydroxyl groups excluding tert-OH is 1. The van der Waals surface area contributed by atoms with Gasteiger partial charge in [-0.1, -0.05) is 39.0 Å². The van der Waals surface area contributed by atoms with Crippen LogP contribution in [0.2, 0.25) is 0 Å². The Morgan fingerprint density at radius 3 is 2.39 bits per heavy atom. The lowest BCUT2D eigenvalue weighted by atomic mass is 9.82. The summed E-state index contributed by atoms with van der Waals surface area (Å²) in [5, 5.41) is 8.87. The first-order chi connectivity index (χ1) is 17.0. The van der Waals surface area contributed by atoms with Crippen molar-refractivity contribution in [3.63, 3.8) is 0 Å². The van der Waals surface area contributed by atoms with Crippen molar-refractivity contribution in [2.75, 3.05) is 32.8 Å². The Morgan fingerprint density at radius 1 is 1.08 bits per heavy atom. The van der Waals surface area contributed by atoms with Crippen molar-refractivity contribution < 1.29 is 27.8 Å². The third-order valence-corrected chi connectivity index (χ3v) is 8.18. The van der Waals surface area contributed by atoms with E-state index in [2.05, 4.69) is 10.8 Å². The molecule has 1 spiro atoms. The van der Waals surface area contributed by atoms with Crippen molar-refractivity contribution in [2.24, 2.45) is 5.41 Å². The first-order valence-corrected chi connectivity index (χ1v) is 13.9. The number of aryl methyl sites for hydroxylation is 1. The van der Waals surface area contributed by atoms with Crippen LogP contribution in [-0.4, -0.2) is 63.0 Å². The van der Waals surface area contributed by atoms with Crippen LogP contribution in [0.5, 0.6) is 5.75 Å². The molecular weight excluding hydrogens is 480 g/mol. The number of hydrogen-bond acceptors (Lipinski definition) is 6. The number of likely N-dealkylation sites (tertiary alicyclic amines) is 1. The van der Waals surface area contributed by atoms with Crippen molar-refractivity contribution >= 4 is 16.1 Å². The largest absolute Gasteiger partial charge is 0.487 e. The maximum Gasteiger partial charge on any atom is 0.409 e. The summed E-state index contributed by atoms with van der Waals surface area (Å²) in [4.78, 5) is 14.4. The van der Waals surface area contributed by atoms with Crippen molar-refractivity contribution in [3.05, 3.63) is 48.0 Å². The molecule has 2 aromatic rings. The predicted octanol–water partition coefficient (Wildman–Crippen LogP) is 3.97. The molecule has 9 heteroatoms. The predicted molar refractivity (Wildman–Crippen MR) is 137 cm³/mol. The van der Waals surface area contributed by atoms with Gasteiger partial charge in [0.1, 0.15) is 11.4 Å². The molecule has 0 radical (unpaired) electrons. The smallest absolute Gasteiger partial charge is 0.409 e. The maximum atomic E-state index is 12.4. The Balaban J connectivity index is 1.39. The van der Waals surface area contributed by atoms with Gasteiger partial charge in [0, 0.05) is 32.5 Å². The number of benzene rings is 2. The molecular formula is C27H36N2O6S. The van der Waals surface area contributed by atoms with E-state index in [0.717, 1.165) is 48.1 Å². The molecule has 2 aromatic carbocycles. The molecule has 4 rings (SSSR count). The maximum absolute atomic E-state index is 12.4. The molecule has 1 amide bonds. The number of fused-ring (bicyclic) bond motifs is 1. The minimum atomic E-state index is -3.63. The summed E-state index contributed by atoms with van der Waals surface area (Å²) in [6.07, 6.45) is 3.08. The summed E-state index contributed by atoms with van der Waals surface area (Å²) in [6, 6.07) is 12.8. The second kappa shape index (κ2) is 10.4. The van der Waals surface area contributed by atoms with Gasteiger partial charge in [-0.05, 0) is 59.2 Å². The molecule has 0 saturated carbocycles. The van der Waals surface area contributed by atoms with E-state index in [9.17, 15) is 13.2 Å². The molecule has 2 aliphatic heterocycles. The van der Waals surface area contributed by atoms with Gasteiger partial charge in [-0.15, -0.1) is 0 Å². The number of carbonyl (C=O) groups excluding carboxylic acids is 1. The average Bonchev–Trinajstić information content (AvgIpc) is 2.86. The highest BCUT2D eigenvalue weighted by molar-refractivity contribution is 7.89. The van der Waals surface area contributed by atoms with Gasteiger partial charge in [0.15, 0.2) is 0 Å². The highest BCUT2D eigenvalue weighted by Crippen LogP contribution is 2.41. The molecule has 0 atom stereocenters. The van der Waals surface area contributed by atoms with Crippen molar-refractivity contribution in [1.29, 1.82) is 0 Å². The molecule has 0 aromatic heterocycles. The van der Waals surface area contributed by atoms with Gasteiger partial charge in [0.25, 0.3) is 0 Å². The number of aliphatic hydroxyl groups is 1. The molecule has 1 fully saturated rings. The highest BCUT2D eigenvalue weighted by atomic mass is 32.2. The molecule has 36 heavy (non-hydrogen) atoms. The zero-order chi connectivity index (χ0) is 26.0. The van der Waals surface area contributed by atoms with Crippen LogP contribution in [0.1, 0.15) is 45.6 Å². The van der Waals surface area contributed by atoms with Crippen molar-refractivity contribution in [3.8, 4) is 16.9 Å². The zero-order valence-electron chi connectivity index (χ0n) is 21.2. The molecule has 1 saturated heterocycles. The Bertz CT molecular complexity index is 1180. The Kier molecular flexibility index (Phi) is 7.64. The van der Waals surface area contributed by atoms with Crippen molar-refractivity contribution in [1.82, 2.24) is 9.62 Å². The zero-order valence-corrected chi connectivity index (χ0v) is 22.1. The molecule has 8 nitrogen and oxygen atoms in total. The van der Waals surface area contributed by atoms with E-state index in [1.54, 1.807) is 29.2 Å². The lowest BCUT2D eigenvalue weighted by Gasteiger charge is -2.44. The summed E-state index contributed by atoms with van der Waals surface area (Å²) in [5.41, 5.74) is 2.73. The Labute approximate surface area is 213 Å². The fraction of sp³-hybridized carbons (Fsp3) is 0.519. The van der Waals surface area contributed by atoms with Gasteiger partial charge in [-0.3, -0.25) is 0 Å². The fourth-order valence-electron chi connectivity index (χ4n) is 4.61. The van der Waals surface area contributed by atoms with Crippen LogP contribution >= 0.6 is 0 Å². The number of sulfonamides is 1.